The summed E-state index contributed by atoms with van der Waals surface area (Å²) in [7, 11) is 0. The predicted molar refractivity (Wildman–Crippen MR) is 59.5 cm³/mol. The van der Waals surface area contributed by atoms with E-state index in [9.17, 15) is 4.79 Å². The normalized spacial score (nSPS) is 12.3. The number of rotatable bonds is 3. The molecule has 0 heterocycles. The minimum Gasteiger partial charge on any atom is -0.394 e. The summed E-state index contributed by atoms with van der Waals surface area (Å²) < 4.78 is 0. The quantitative estimate of drug-likeness (QED) is 0.692. The molecule has 1 aromatic carbocycles. The fraction of sp³-hybridized carbons (Fsp3) is 0.364. The van der Waals surface area contributed by atoms with E-state index in [0.29, 0.717) is 0 Å². The Morgan fingerprint density at radius 2 is 2.27 bits per heavy atom. The molecule has 0 radical (unpaired) electrons. The largest absolute Gasteiger partial charge is 0.394 e. The van der Waals surface area contributed by atoms with Gasteiger partial charge in [0.1, 0.15) is 0 Å². The van der Waals surface area contributed by atoms with Crippen molar-refractivity contribution in [3.05, 3.63) is 29.3 Å². The maximum absolute atomic E-state index is 10.8. The Hall–Kier alpha value is -1.39. The van der Waals surface area contributed by atoms with Crippen LogP contribution in [0.3, 0.4) is 0 Å². The first-order valence-electron chi connectivity index (χ1n) is 4.79. The molecule has 0 saturated heterocycles. The molecule has 0 aromatic heterocycles. The molecule has 4 heteroatoms. The standard InChI is InChI=1S/C11H16N2O2/c1-7-5-9(13-8(2)15)3-4-10(7)11(12)6-14/h3-5,11,14H,6,12H2,1-2H3,(H,13,15)/t11-/m1/s1. The predicted octanol–water partition coefficient (Wildman–Crippen LogP) is 0.946. The molecule has 0 saturated carbocycles. The van der Waals surface area contributed by atoms with E-state index in [1.807, 2.05) is 19.1 Å². The van der Waals surface area contributed by atoms with Crippen molar-refractivity contribution in [1.82, 2.24) is 0 Å². The van der Waals surface area contributed by atoms with Crippen molar-refractivity contribution in [2.45, 2.75) is 19.9 Å². The molecule has 15 heavy (non-hydrogen) atoms. The zero-order valence-corrected chi connectivity index (χ0v) is 8.95. The van der Waals surface area contributed by atoms with E-state index in [4.69, 9.17) is 10.8 Å². The lowest BCUT2D eigenvalue weighted by atomic mass is 10.0. The van der Waals surface area contributed by atoms with Crippen LogP contribution in [0.15, 0.2) is 18.2 Å². The van der Waals surface area contributed by atoms with Gasteiger partial charge < -0.3 is 16.2 Å². The highest BCUT2D eigenvalue weighted by molar-refractivity contribution is 5.88. The number of carbonyl (C=O) groups excluding carboxylic acids is 1. The number of anilines is 1. The molecule has 0 bridgehead atoms. The minimum absolute atomic E-state index is 0.0830. The van der Waals surface area contributed by atoms with Crippen molar-refractivity contribution < 1.29 is 9.90 Å². The molecule has 82 valence electrons. The van der Waals surface area contributed by atoms with Crippen LogP contribution in [-0.2, 0) is 4.79 Å². The van der Waals surface area contributed by atoms with E-state index in [2.05, 4.69) is 5.32 Å². The molecule has 0 aliphatic heterocycles. The van der Waals surface area contributed by atoms with Crippen LogP contribution in [0, 0.1) is 6.92 Å². The maximum Gasteiger partial charge on any atom is 0.221 e. The van der Waals surface area contributed by atoms with E-state index in [1.54, 1.807) is 6.07 Å². The zero-order chi connectivity index (χ0) is 11.4. The molecule has 4 nitrogen and oxygen atoms in total. The van der Waals surface area contributed by atoms with Crippen LogP contribution in [-0.4, -0.2) is 17.6 Å². The monoisotopic (exact) mass is 208 g/mol. The summed E-state index contributed by atoms with van der Waals surface area (Å²) in [5, 5.41) is 11.6. The lowest BCUT2D eigenvalue weighted by Gasteiger charge is -2.13. The van der Waals surface area contributed by atoms with Gasteiger partial charge in [-0.1, -0.05) is 6.07 Å². The highest BCUT2D eigenvalue weighted by atomic mass is 16.3. The Kier molecular flexibility index (Phi) is 3.82. The molecule has 0 fully saturated rings. The summed E-state index contributed by atoms with van der Waals surface area (Å²) in [6, 6.07) is 5.07. The number of hydrogen-bond acceptors (Lipinski definition) is 3. The Morgan fingerprint density at radius 3 is 2.73 bits per heavy atom. The van der Waals surface area contributed by atoms with Crippen LogP contribution >= 0.6 is 0 Å². The molecule has 4 N–H and O–H groups in total. The molecule has 1 aromatic rings. The van der Waals surface area contributed by atoms with Gasteiger partial charge in [-0.2, -0.15) is 0 Å². The topological polar surface area (TPSA) is 75.4 Å². The average Bonchev–Trinajstić information content (AvgIpc) is 2.16. The third-order valence-electron chi connectivity index (χ3n) is 2.19. The first-order chi connectivity index (χ1) is 7.04. The van der Waals surface area contributed by atoms with Crippen LogP contribution in [0.1, 0.15) is 24.1 Å². The van der Waals surface area contributed by atoms with Gasteiger partial charge in [0.05, 0.1) is 12.6 Å². The second-order valence-corrected chi connectivity index (χ2v) is 3.54. The molecule has 1 amide bonds. The van der Waals surface area contributed by atoms with E-state index < -0.39 is 0 Å². The van der Waals surface area contributed by atoms with Crippen LogP contribution in [0.4, 0.5) is 5.69 Å². The van der Waals surface area contributed by atoms with Crippen molar-refractivity contribution in [2.24, 2.45) is 5.73 Å². The van der Waals surface area contributed by atoms with Gasteiger partial charge in [-0.05, 0) is 30.2 Å². The molecule has 1 rings (SSSR count). The number of aliphatic hydroxyl groups excluding tert-OH is 1. The summed E-state index contributed by atoms with van der Waals surface area (Å²) in [6.07, 6.45) is 0. The van der Waals surface area contributed by atoms with Gasteiger partial charge in [-0.15, -0.1) is 0 Å². The van der Waals surface area contributed by atoms with Gasteiger partial charge in [0.2, 0.25) is 5.91 Å². The van der Waals surface area contributed by atoms with Crippen molar-refractivity contribution in [1.29, 1.82) is 0 Å². The van der Waals surface area contributed by atoms with Crippen LogP contribution in [0.2, 0.25) is 0 Å². The highest BCUT2D eigenvalue weighted by Gasteiger charge is 2.08. The SMILES string of the molecule is CC(=O)Nc1ccc([C@H](N)CO)c(C)c1. The molecular formula is C11H16N2O2. The summed E-state index contributed by atoms with van der Waals surface area (Å²) in [5.74, 6) is -0.103. The third kappa shape index (κ3) is 3.04. The number of carbonyl (C=O) groups is 1. The van der Waals surface area contributed by atoms with E-state index >= 15 is 0 Å². The molecule has 0 spiro atoms. The molecule has 1 atom stereocenters. The number of nitrogens with one attached hydrogen (secondary N) is 1. The lowest BCUT2D eigenvalue weighted by Crippen LogP contribution is -2.16. The maximum atomic E-state index is 10.8. The van der Waals surface area contributed by atoms with Crippen LogP contribution < -0.4 is 11.1 Å². The van der Waals surface area contributed by atoms with Crippen molar-refractivity contribution >= 4 is 11.6 Å². The Bertz CT molecular complexity index is 364. The molecule has 0 aliphatic carbocycles. The summed E-state index contributed by atoms with van der Waals surface area (Å²) >= 11 is 0. The van der Waals surface area contributed by atoms with Gasteiger partial charge in [-0.25, -0.2) is 0 Å². The number of hydrogen-bond donors (Lipinski definition) is 3. The van der Waals surface area contributed by atoms with Crippen LogP contribution in [0.25, 0.3) is 0 Å². The smallest absolute Gasteiger partial charge is 0.221 e. The van der Waals surface area contributed by atoms with Gasteiger partial charge in [0.25, 0.3) is 0 Å². The van der Waals surface area contributed by atoms with Gasteiger partial charge >= 0.3 is 0 Å². The first-order valence-corrected chi connectivity index (χ1v) is 4.79. The highest BCUT2D eigenvalue weighted by Crippen LogP contribution is 2.19. The Labute approximate surface area is 89.1 Å². The zero-order valence-electron chi connectivity index (χ0n) is 8.95. The second-order valence-electron chi connectivity index (χ2n) is 3.54. The number of aryl methyl sites for hydroxylation is 1. The second kappa shape index (κ2) is 4.91. The lowest BCUT2D eigenvalue weighted by molar-refractivity contribution is -0.114. The Morgan fingerprint density at radius 1 is 1.60 bits per heavy atom. The van der Waals surface area contributed by atoms with Gasteiger partial charge in [0.15, 0.2) is 0 Å². The molecule has 0 aliphatic rings. The van der Waals surface area contributed by atoms with E-state index in [1.165, 1.54) is 6.92 Å². The summed E-state index contributed by atoms with van der Waals surface area (Å²) in [5.41, 5.74) is 8.31. The minimum atomic E-state index is -0.364. The van der Waals surface area contributed by atoms with Gasteiger partial charge in [0, 0.05) is 12.6 Å². The number of nitrogens with two attached hydrogens (primary N) is 1. The van der Waals surface area contributed by atoms with Gasteiger partial charge in [-0.3, -0.25) is 4.79 Å². The van der Waals surface area contributed by atoms with Crippen molar-refractivity contribution in [3.63, 3.8) is 0 Å². The molecule has 0 unspecified atom stereocenters. The van der Waals surface area contributed by atoms with E-state index in [-0.39, 0.29) is 18.6 Å². The van der Waals surface area contributed by atoms with E-state index in [0.717, 1.165) is 16.8 Å². The Balaban J connectivity index is 2.92. The summed E-state index contributed by atoms with van der Waals surface area (Å²) in [6.45, 7) is 3.28. The number of amides is 1. The first kappa shape index (κ1) is 11.7. The third-order valence-corrected chi connectivity index (χ3v) is 2.19. The molecular weight excluding hydrogens is 192 g/mol. The average molecular weight is 208 g/mol. The fourth-order valence-corrected chi connectivity index (χ4v) is 1.47. The van der Waals surface area contributed by atoms with Crippen molar-refractivity contribution in [3.8, 4) is 0 Å². The van der Waals surface area contributed by atoms with Crippen LogP contribution in [0.5, 0.6) is 0 Å². The summed E-state index contributed by atoms with van der Waals surface area (Å²) in [4.78, 5) is 10.8. The number of aliphatic hydroxyl groups is 1. The fourth-order valence-electron chi connectivity index (χ4n) is 1.47. The van der Waals surface area contributed by atoms with Crippen molar-refractivity contribution in [2.75, 3.05) is 11.9 Å². The number of benzene rings is 1.